The molecule has 18 heteroatoms. The van der Waals surface area contributed by atoms with Crippen LogP contribution >= 0.6 is 11.6 Å². The van der Waals surface area contributed by atoms with E-state index in [9.17, 15) is 22.8 Å². The number of nitriles is 1. The number of anilines is 2. The molecule has 2 amide bonds. The molecular formula is C26H24ClF3N10O4. The number of hydrogen-bond acceptors (Lipinski definition) is 9. The van der Waals surface area contributed by atoms with Gasteiger partial charge in [-0.05, 0) is 31.2 Å². The van der Waals surface area contributed by atoms with Crippen molar-refractivity contribution in [3.63, 3.8) is 0 Å². The average molecular weight is 633 g/mol. The van der Waals surface area contributed by atoms with Crippen molar-refractivity contribution in [3.8, 4) is 17.3 Å². The molecule has 1 atom stereocenters. The number of nitrogens with zero attached hydrogens (tertiary/aromatic N) is 6. The quantitative estimate of drug-likeness (QED) is 0.180. The maximum atomic E-state index is 13.7. The predicted molar refractivity (Wildman–Crippen MR) is 150 cm³/mol. The van der Waals surface area contributed by atoms with E-state index in [2.05, 4.69) is 36.3 Å². The number of hydrogen-bond donors (Lipinski definition) is 5. The summed E-state index contributed by atoms with van der Waals surface area (Å²) in [6.45, 7) is 0.705. The molecule has 1 saturated heterocycles. The second-order valence-corrected chi connectivity index (χ2v) is 9.63. The fourth-order valence-electron chi connectivity index (χ4n) is 4.40. The van der Waals surface area contributed by atoms with Gasteiger partial charge in [0.05, 0.1) is 40.7 Å². The third kappa shape index (κ3) is 7.40. The van der Waals surface area contributed by atoms with E-state index >= 15 is 0 Å². The number of fused-ring (bicyclic) bond motifs is 1. The van der Waals surface area contributed by atoms with Crippen LogP contribution in [0.4, 0.5) is 24.7 Å². The largest absolute Gasteiger partial charge is 0.483 e. The van der Waals surface area contributed by atoms with Crippen molar-refractivity contribution in [2.45, 2.75) is 25.2 Å². The van der Waals surface area contributed by atoms with Crippen molar-refractivity contribution in [1.29, 1.82) is 5.26 Å². The molecular weight excluding hydrogens is 609 g/mol. The van der Waals surface area contributed by atoms with Crippen molar-refractivity contribution < 1.29 is 32.7 Å². The number of carboxylic acid groups (broad SMARTS) is 1. The summed E-state index contributed by atoms with van der Waals surface area (Å²) in [5.41, 5.74) is -0.499. The number of benzene rings is 1. The number of rotatable bonds is 8. The molecule has 1 aliphatic heterocycles. The van der Waals surface area contributed by atoms with Gasteiger partial charge in [0, 0.05) is 36.9 Å². The van der Waals surface area contributed by atoms with Gasteiger partial charge in [-0.15, -0.1) is 0 Å². The maximum absolute atomic E-state index is 13.7. The van der Waals surface area contributed by atoms with E-state index in [1.807, 2.05) is 0 Å². The first-order valence-corrected chi connectivity index (χ1v) is 13.2. The fourth-order valence-corrected chi connectivity index (χ4v) is 4.67. The number of carbonyl (C=O) groups is 3. The van der Waals surface area contributed by atoms with E-state index in [0.717, 1.165) is 23.8 Å². The van der Waals surface area contributed by atoms with Gasteiger partial charge in [-0.1, -0.05) is 11.6 Å². The highest BCUT2D eigenvalue weighted by molar-refractivity contribution is 6.34. The van der Waals surface area contributed by atoms with Crippen molar-refractivity contribution in [3.05, 3.63) is 59.3 Å². The zero-order valence-corrected chi connectivity index (χ0v) is 23.4. The summed E-state index contributed by atoms with van der Waals surface area (Å²) in [5.74, 6) is -0.626. The molecule has 3 aromatic heterocycles. The molecule has 0 radical (unpaired) electrons. The van der Waals surface area contributed by atoms with Gasteiger partial charge in [0.25, 0.3) is 12.4 Å². The molecule has 0 aliphatic carbocycles. The summed E-state index contributed by atoms with van der Waals surface area (Å²) >= 11 is 6.34. The topological polar surface area (TPSA) is 191 Å². The van der Waals surface area contributed by atoms with Crippen LogP contribution in [0, 0.1) is 11.3 Å². The lowest BCUT2D eigenvalue weighted by atomic mass is 10.2. The Hall–Kier alpha value is -5.21. The van der Waals surface area contributed by atoms with Crippen LogP contribution in [-0.4, -0.2) is 73.2 Å². The zero-order valence-electron chi connectivity index (χ0n) is 22.6. The van der Waals surface area contributed by atoms with Crippen molar-refractivity contribution >= 4 is 47.0 Å². The summed E-state index contributed by atoms with van der Waals surface area (Å²) in [4.78, 5) is 41.5. The van der Waals surface area contributed by atoms with E-state index in [-0.39, 0.29) is 64.8 Å². The van der Waals surface area contributed by atoms with Gasteiger partial charge in [-0.2, -0.15) is 23.5 Å². The van der Waals surface area contributed by atoms with Gasteiger partial charge < -0.3 is 26.4 Å². The average Bonchev–Trinajstić information content (AvgIpc) is 3.73. The van der Waals surface area contributed by atoms with Gasteiger partial charge in [-0.3, -0.25) is 23.5 Å². The highest BCUT2D eigenvalue weighted by Gasteiger charge is 2.38. The molecule has 5 N–H and O–H groups in total. The summed E-state index contributed by atoms with van der Waals surface area (Å²) < 4.78 is 43.4. The number of imidazole rings is 1. The smallest absolute Gasteiger partial charge is 0.435 e. The second-order valence-electron chi connectivity index (χ2n) is 9.22. The van der Waals surface area contributed by atoms with Crippen LogP contribution in [0.5, 0.6) is 0 Å². The van der Waals surface area contributed by atoms with Gasteiger partial charge in [0.1, 0.15) is 6.54 Å². The summed E-state index contributed by atoms with van der Waals surface area (Å²) in [5, 5.41) is 30.9. The van der Waals surface area contributed by atoms with E-state index in [0.29, 0.717) is 12.2 Å². The van der Waals surface area contributed by atoms with Gasteiger partial charge in [-0.25, -0.2) is 9.97 Å². The Morgan fingerprint density at radius 1 is 1.30 bits per heavy atom. The number of carbonyl (C=O) groups excluding carboxylic acids is 2. The molecule has 1 fully saturated rings. The van der Waals surface area contributed by atoms with E-state index in [4.69, 9.17) is 26.8 Å². The van der Waals surface area contributed by atoms with Crippen LogP contribution in [0.3, 0.4) is 0 Å². The Kier molecular flexibility index (Phi) is 9.98. The van der Waals surface area contributed by atoms with Crippen LogP contribution in [0.2, 0.25) is 5.02 Å². The number of halogens is 4. The normalized spacial score (nSPS) is 14.3. The fraction of sp³-hybridized carbons (Fsp3) is 0.269. The summed E-state index contributed by atoms with van der Waals surface area (Å²) in [6, 6.07) is 6.31. The van der Waals surface area contributed by atoms with Crippen molar-refractivity contribution in [2.75, 3.05) is 25.0 Å². The molecule has 0 bridgehead atoms. The van der Waals surface area contributed by atoms with Crippen molar-refractivity contribution in [1.82, 2.24) is 40.1 Å². The summed E-state index contributed by atoms with van der Waals surface area (Å²) in [7, 11) is 0. The molecule has 0 saturated carbocycles. The first-order valence-electron chi connectivity index (χ1n) is 12.8. The standard InChI is InChI=1S/C25H22ClF3N10O2.CH2O2/c26-18-9-14(1-2-16(18)24(41)34-12-20(40)35-15-3-5-31-10-15)36-22-23-33-11-19(39(23)8-6-32-22)17-13-38(7-4-30)37-21(17)25(27,28)29;2-1-3/h1-2,6,8-9,11,13,15,31H,3,5,7,10,12H2,(H,32,36)(H,34,41)(H,35,40);1H,(H,2,3)/t15-;/m0./s1. The molecule has 230 valence electrons. The molecule has 14 nitrogen and oxygen atoms in total. The highest BCUT2D eigenvalue weighted by Crippen LogP contribution is 2.37. The second kappa shape index (κ2) is 13.8. The molecule has 5 rings (SSSR count). The predicted octanol–water partition coefficient (Wildman–Crippen LogP) is 2.44. The molecule has 1 aliphatic rings. The van der Waals surface area contributed by atoms with Gasteiger partial charge >= 0.3 is 6.18 Å². The zero-order chi connectivity index (χ0) is 31.9. The minimum Gasteiger partial charge on any atom is -0.483 e. The number of aromatic nitrogens is 5. The van der Waals surface area contributed by atoms with Crippen LogP contribution in [-0.2, 0) is 22.3 Å². The lowest BCUT2D eigenvalue weighted by molar-refractivity contribution is -0.141. The van der Waals surface area contributed by atoms with Crippen LogP contribution in [0.15, 0.2) is 43.0 Å². The number of amides is 2. The maximum Gasteiger partial charge on any atom is 0.435 e. The first-order chi connectivity index (χ1) is 21.0. The number of nitrogens with one attached hydrogen (secondary N) is 4. The van der Waals surface area contributed by atoms with Gasteiger partial charge in [0.15, 0.2) is 17.2 Å². The van der Waals surface area contributed by atoms with E-state index in [1.165, 1.54) is 35.1 Å². The SMILES string of the molecule is N#CCn1cc(-c2cnc3c(Nc4ccc(C(=O)NCC(=O)N[C@H]5CCNC5)c(Cl)c4)nccn23)c(C(F)(F)F)n1.O=CO. The minimum absolute atomic E-state index is 0.0329. The molecule has 4 aromatic rings. The third-order valence-electron chi connectivity index (χ3n) is 6.28. The molecule has 44 heavy (non-hydrogen) atoms. The Labute approximate surface area is 251 Å². The molecule has 0 spiro atoms. The molecule has 1 aromatic carbocycles. The van der Waals surface area contributed by atoms with Crippen LogP contribution in [0.1, 0.15) is 22.5 Å². The lowest BCUT2D eigenvalue weighted by Gasteiger charge is -2.13. The molecule has 0 unspecified atom stereocenters. The van der Waals surface area contributed by atoms with Gasteiger partial charge in [0.2, 0.25) is 5.91 Å². The monoisotopic (exact) mass is 632 g/mol. The van der Waals surface area contributed by atoms with E-state index < -0.39 is 17.8 Å². The Balaban J connectivity index is 0.00000141. The van der Waals surface area contributed by atoms with Crippen LogP contribution in [0.25, 0.3) is 16.9 Å². The first kappa shape index (κ1) is 31.7. The van der Waals surface area contributed by atoms with Crippen molar-refractivity contribution in [2.24, 2.45) is 0 Å². The van der Waals surface area contributed by atoms with E-state index in [1.54, 1.807) is 12.1 Å². The minimum atomic E-state index is -4.75. The summed E-state index contributed by atoms with van der Waals surface area (Å²) in [6.07, 6.45) is 1.29. The Bertz CT molecular complexity index is 1710. The van der Waals surface area contributed by atoms with Crippen LogP contribution < -0.4 is 21.3 Å². The number of alkyl halides is 3. The lowest BCUT2D eigenvalue weighted by Crippen LogP contribution is -2.42. The molecule has 4 heterocycles. The highest BCUT2D eigenvalue weighted by atomic mass is 35.5. The Morgan fingerprint density at radius 3 is 2.73 bits per heavy atom. The Morgan fingerprint density at radius 2 is 2.07 bits per heavy atom. The third-order valence-corrected chi connectivity index (χ3v) is 6.59.